The SMILES string of the molecule is NCc1cc(-c2csc(Nc3ccc(Cl)c(O[C@@H]4CCOC4)n3)n2)ccn1. The number of pyridine rings is 2. The second kappa shape index (κ2) is 8.18. The standard InChI is InChI=1S/C18H18ClN5O2S/c19-14-1-2-16(23-17(14)26-13-4-6-25-9-13)24-18-22-15(10-27-18)11-3-5-21-12(7-11)8-20/h1-3,5,7,10,13H,4,6,8-9,20H2,(H,22,23,24)/t13-/m1/s1. The highest BCUT2D eigenvalue weighted by molar-refractivity contribution is 7.14. The topological polar surface area (TPSA) is 95.2 Å². The van der Waals surface area contributed by atoms with Crippen molar-refractivity contribution >= 4 is 33.9 Å². The molecule has 27 heavy (non-hydrogen) atoms. The van der Waals surface area contributed by atoms with Crippen LogP contribution in [-0.2, 0) is 11.3 Å². The molecule has 1 fully saturated rings. The fraction of sp³-hybridized carbons (Fsp3) is 0.278. The van der Waals surface area contributed by atoms with E-state index >= 15 is 0 Å². The molecular weight excluding hydrogens is 386 g/mol. The molecule has 140 valence electrons. The highest BCUT2D eigenvalue weighted by Crippen LogP contribution is 2.30. The third-order valence-electron chi connectivity index (χ3n) is 4.04. The zero-order valence-corrected chi connectivity index (χ0v) is 16.0. The van der Waals surface area contributed by atoms with Gasteiger partial charge in [0.15, 0.2) is 5.13 Å². The average molecular weight is 404 g/mol. The number of nitrogens with one attached hydrogen (secondary N) is 1. The molecule has 0 spiro atoms. The number of nitrogens with two attached hydrogens (primary N) is 1. The van der Waals surface area contributed by atoms with E-state index in [0.717, 1.165) is 28.5 Å². The smallest absolute Gasteiger partial charge is 0.234 e. The molecule has 1 aliphatic heterocycles. The summed E-state index contributed by atoms with van der Waals surface area (Å²) in [4.78, 5) is 13.3. The molecule has 0 aliphatic carbocycles. The fourth-order valence-electron chi connectivity index (χ4n) is 2.66. The lowest BCUT2D eigenvalue weighted by Gasteiger charge is -2.13. The van der Waals surface area contributed by atoms with Crippen LogP contribution < -0.4 is 15.8 Å². The Morgan fingerprint density at radius 1 is 1.33 bits per heavy atom. The maximum absolute atomic E-state index is 6.21. The van der Waals surface area contributed by atoms with E-state index in [-0.39, 0.29) is 6.10 Å². The van der Waals surface area contributed by atoms with Gasteiger partial charge in [0.1, 0.15) is 16.9 Å². The van der Waals surface area contributed by atoms with Crippen LogP contribution in [-0.4, -0.2) is 34.3 Å². The fourth-order valence-corrected chi connectivity index (χ4v) is 3.54. The number of nitrogens with zero attached hydrogens (tertiary/aromatic N) is 3. The number of hydrogen-bond acceptors (Lipinski definition) is 8. The third kappa shape index (κ3) is 4.36. The Balaban J connectivity index is 1.50. The van der Waals surface area contributed by atoms with Crippen LogP contribution >= 0.6 is 22.9 Å². The summed E-state index contributed by atoms with van der Waals surface area (Å²) in [6, 6.07) is 7.40. The minimum atomic E-state index is -0.0138. The van der Waals surface area contributed by atoms with E-state index < -0.39 is 0 Å². The molecule has 0 aromatic carbocycles. The first-order valence-electron chi connectivity index (χ1n) is 8.50. The van der Waals surface area contributed by atoms with E-state index in [1.54, 1.807) is 18.3 Å². The number of thiazole rings is 1. The number of anilines is 2. The number of halogens is 1. The van der Waals surface area contributed by atoms with E-state index in [2.05, 4.69) is 20.3 Å². The summed E-state index contributed by atoms with van der Waals surface area (Å²) in [5.74, 6) is 1.02. The van der Waals surface area contributed by atoms with Gasteiger partial charge in [0.2, 0.25) is 5.88 Å². The minimum Gasteiger partial charge on any atom is -0.471 e. The normalized spacial score (nSPS) is 16.4. The maximum Gasteiger partial charge on any atom is 0.234 e. The van der Waals surface area contributed by atoms with Gasteiger partial charge in [0, 0.05) is 30.1 Å². The molecule has 3 N–H and O–H groups in total. The van der Waals surface area contributed by atoms with Gasteiger partial charge in [-0.2, -0.15) is 4.98 Å². The van der Waals surface area contributed by atoms with Gasteiger partial charge in [0.05, 0.1) is 24.6 Å². The molecular formula is C18H18ClN5O2S. The van der Waals surface area contributed by atoms with Crippen molar-refractivity contribution in [3.8, 4) is 17.1 Å². The van der Waals surface area contributed by atoms with Crippen LogP contribution in [0.2, 0.25) is 5.02 Å². The second-order valence-electron chi connectivity index (χ2n) is 5.99. The molecule has 4 heterocycles. The molecule has 3 aromatic rings. The van der Waals surface area contributed by atoms with Gasteiger partial charge in [-0.05, 0) is 24.3 Å². The van der Waals surface area contributed by atoms with Crippen LogP contribution in [0.1, 0.15) is 12.1 Å². The molecule has 0 amide bonds. The van der Waals surface area contributed by atoms with Crippen LogP contribution in [0.3, 0.4) is 0 Å². The first-order chi connectivity index (χ1) is 13.2. The van der Waals surface area contributed by atoms with Gasteiger partial charge < -0.3 is 20.5 Å². The van der Waals surface area contributed by atoms with Gasteiger partial charge in [-0.25, -0.2) is 4.98 Å². The van der Waals surface area contributed by atoms with Crippen molar-refractivity contribution in [3.63, 3.8) is 0 Å². The summed E-state index contributed by atoms with van der Waals surface area (Å²) >= 11 is 7.69. The Morgan fingerprint density at radius 3 is 3.07 bits per heavy atom. The van der Waals surface area contributed by atoms with Gasteiger partial charge in [-0.15, -0.1) is 11.3 Å². The molecule has 1 saturated heterocycles. The number of rotatable bonds is 6. The molecule has 3 aromatic heterocycles. The zero-order chi connectivity index (χ0) is 18.6. The van der Waals surface area contributed by atoms with Crippen LogP contribution in [0, 0.1) is 0 Å². The number of hydrogen-bond donors (Lipinski definition) is 2. The van der Waals surface area contributed by atoms with E-state index in [0.29, 0.717) is 36.5 Å². The maximum atomic E-state index is 6.21. The van der Waals surface area contributed by atoms with Gasteiger partial charge in [-0.3, -0.25) is 4.98 Å². The molecule has 7 nitrogen and oxygen atoms in total. The Morgan fingerprint density at radius 2 is 2.26 bits per heavy atom. The van der Waals surface area contributed by atoms with Crippen LogP contribution in [0.4, 0.5) is 10.9 Å². The highest BCUT2D eigenvalue weighted by Gasteiger charge is 2.19. The third-order valence-corrected chi connectivity index (χ3v) is 5.09. The van der Waals surface area contributed by atoms with Gasteiger partial charge >= 0.3 is 0 Å². The van der Waals surface area contributed by atoms with Crippen molar-refractivity contribution in [2.24, 2.45) is 5.73 Å². The second-order valence-corrected chi connectivity index (χ2v) is 7.26. The molecule has 0 radical (unpaired) electrons. The molecule has 9 heteroatoms. The summed E-state index contributed by atoms with van der Waals surface area (Å²) in [6.07, 6.45) is 2.56. The Labute approximate surface area is 165 Å². The first-order valence-corrected chi connectivity index (χ1v) is 9.76. The molecule has 1 aliphatic rings. The van der Waals surface area contributed by atoms with Crippen molar-refractivity contribution in [2.75, 3.05) is 18.5 Å². The summed E-state index contributed by atoms with van der Waals surface area (Å²) in [7, 11) is 0. The van der Waals surface area contributed by atoms with E-state index in [9.17, 15) is 0 Å². The van der Waals surface area contributed by atoms with Crippen molar-refractivity contribution in [3.05, 3.63) is 46.6 Å². The molecule has 1 atom stereocenters. The monoisotopic (exact) mass is 403 g/mol. The van der Waals surface area contributed by atoms with E-state index in [1.165, 1.54) is 11.3 Å². The van der Waals surface area contributed by atoms with Crippen LogP contribution in [0.15, 0.2) is 35.8 Å². The van der Waals surface area contributed by atoms with Gasteiger partial charge in [-0.1, -0.05) is 11.6 Å². The highest BCUT2D eigenvalue weighted by atomic mass is 35.5. The quantitative estimate of drug-likeness (QED) is 0.648. The lowest BCUT2D eigenvalue weighted by Crippen LogP contribution is -2.16. The lowest BCUT2D eigenvalue weighted by atomic mass is 10.2. The van der Waals surface area contributed by atoms with Crippen molar-refractivity contribution in [1.82, 2.24) is 15.0 Å². The van der Waals surface area contributed by atoms with Gasteiger partial charge in [0.25, 0.3) is 0 Å². The van der Waals surface area contributed by atoms with Crippen LogP contribution in [0.25, 0.3) is 11.3 Å². The van der Waals surface area contributed by atoms with Crippen LogP contribution in [0.5, 0.6) is 5.88 Å². The minimum absolute atomic E-state index is 0.0138. The zero-order valence-electron chi connectivity index (χ0n) is 14.4. The average Bonchev–Trinajstić information content (AvgIpc) is 3.37. The molecule has 0 bridgehead atoms. The number of aromatic nitrogens is 3. The van der Waals surface area contributed by atoms with Crippen molar-refractivity contribution < 1.29 is 9.47 Å². The Bertz CT molecular complexity index is 930. The van der Waals surface area contributed by atoms with Crippen molar-refractivity contribution in [2.45, 2.75) is 19.1 Å². The first kappa shape index (κ1) is 18.1. The Hall–Kier alpha value is -2.26. The largest absolute Gasteiger partial charge is 0.471 e. The summed E-state index contributed by atoms with van der Waals surface area (Å²) in [6.45, 7) is 1.65. The molecule has 0 saturated carbocycles. The molecule has 4 rings (SSSR count). The molecule has 0 unspecified atom stereocenters. The predicted octanol–water partition coefficient (Wildman–Crippen LogP) is 3.62. The predicted molar refractivity (Wildman–Crippen MR) is 106 cm³/mol. The Kier molecular flexibility index (Phi) is 5.49. The summed E-state index contributed by atoms with van der Waals surface area (Å²) in [5, 5.41) is 6.37. The summed E-state index contributed by atoms with van der Waals surface area (Å²) in [5.41, 5.74) is 8.31. The van der Waals surface area contributed by atoms with E-state index in [4.69, 9.17) is 26.8 Å². The summed E-state index contributed by atoms with van der Waals surface area (Å²) < 4.78 is 11.2. The number of ether oxygens (including phenoxy) is 2. The lowest BCUT2D eigenvalue weighted by molar-refractivity contribution is 0.138. The van der Waals surface area contributed by atoms with Crippen molar-refractivity contribution in [1.29, 1.82) is 0 Å². The van der Waals surface area contributed by atoms with E-state index in [1.807, 2.05) is 17.5 Å².